The van der Waals surface area contributed by atoms with Gasteiger partial charge in [-0.25, -0.2) is 4.79 Å². The number of alkyl halides is 2. The van der Waals surface area contributed by atoms with E-state index in [0.29, 0.717) is 4.57 Å². The average Bonchev–Trinajstić information content (AvgIpc) is 2.67. The summed E-state index contributed by atoms with van der Waals surface area (Å²) < 4.78 is 39.2. The van der Waals surface area contributed by atoms with E-state index in [1.807, 2.05) is 0 Å². The number of aliphatic hydroxyl groups is 1. The lowest BCUT2D eigenvalue weighted by Gasteiger charge is -2.25. The van der Waals surface area contributed by atoms with Crippen LogP contribution in [0, 0.1) is 0 Å². The molecule has 1 aromatic heterocycles. The van der Waals surface area contributed by atoms with Crippen LogP contribution in [-0.2, 0) is 9.47 Å². The van der Waals surface area contributed by atoms with Crippen LogP contribution >= 0.6 is 0 Å². The number of rotatable bonds is 5. The van der Waals surface area contributed by atoms with Gasteiger partial charge in [0.1, 0.15) is 5.82 Å². The Labute approximate surface area is 128 Å². The van der Waals surface area contributed by atoms with E-state index >= 15 is 0 Å². The van der Waals surface area contributed by atoms with Crippen molar-refractivity contribution in [3.8, 4) is 0 Å². The molecule has 1 aliphatic heterocycles. The summed E-state index contributed by atoms with van der Waals surface area (Å²) in [6, 6.07) is 1.11. The molecule has 1 aliphatic rings. The molecule has 0 spiro atoms. The number of azide groups is 1. The molecule has 0 unspecified atom stereocenters. The van der Waals surface area contributed by atoms with E-state index in [9.17, 15) is 18.7 Å². The molecule has 23 heavy (non-hydrogen) atoms. The van der Waals surface area contributed by atoms with Gasteiger partial charge in [0.15, 0.2) is 6.10 Å². The van der Waals surface area contributed by atoms with Crippen LogP contribution in [0.4, 0.5) is 14.6 Å². The normalized spacial score (nSPS) is 29.2. The van der Waals surface area contributed by atoms with Crippen LogP contribution in [0.1, 0.15) is 13.2 Å². The number of halogens is 2. The number of nitrogens with two attached hydrogens (primary N) is 1. The number of hydrogen-bond donors (Lipinski definition) is 2. The molecule has 1 fully saturated rings. The van der Waals surface area contributed by atoms with E-state index in [1.54, 1.807) is 6.92 Å². The van der Waals surface area contributed by atoms with Crippen LogP contribution in [0.3, 0.4) is 0 Å². The van der Waals surface area contributed by atoms with E-state index in [2.05, 4.69) is 15.0 Å². The lowest BCUT2D eigenvalue weighted by Crippen LogP contribution is -2.48. The Bertz CT molecular complexity index is 691. The molecule has 126 valence electrons. The molecule has 1 saturated heterocycles. The van der Waals surface area contributed by atoms with Crippen LogP contribution in [0.5, 0.6) is 0 Å². The Hall–Kier alpha value is -2.27. The standard InChI is InChI=1S/C11H14F2N6O4/c1-2-22-5-10(17-18-15)7(20)11(12,13)8(23-10)19-4-3-6(14)16-9(19)21/h3-4,7-8,20H,2,5H2,1H3,(H2,14,16,21)/t7-,8-,10-/m1/s1. The Morgan fingerprint density at radius 1 is 1.70 bits per heavy atom. The third-order valence-electron chi connectivity index (χ3n) is 3.27. The largest absolute Gasteiger partial charge is 0.383 e. The van der Waals surface area contributed by atoms with Gasteiger partial charge in [-0.1, -0.05) is 5.11 Å². The Morgan fingerprint density at radius 2 is 2.39 bits per heavy atom. The van der Waals surface area contributed by atoms with E-state index in [-0.39, 0.29) is 12.4 Å². The predicted molar refractivity (Wildman–Crippen MR) is 72.4 cm³/mol. The molecule has 0 bridgehead atoms. The second-order valence-electron chi connectivity index (χ2n) is 4.76. The van der Waals surface area contributed by atoms with E-state index < -0.39 is 36.3 Å². The van der Waals surface area contributed by atoms with Crippen molar-refractivity contribution in [2.75, 3.05) is 18.9 Å². The highest BCUT2D eigenvalue weighted by atomic mass is 19.3. The molecule has 0 aliphatic carbocycles. The summed E-state index contributed by atoms with van der Waals surface area (Å²) in [5, 5.41) is 13.1. The van der Waals surface area contributed by atoms with Crippen molar-refractivity contribution in [3.05, 3.63) is 33.2 Å². The van der Waals surface area contributed by atoms with E-state index in [0.717, 1.165) is 12.3 Å². The third-order valence-corrected chi connectivity index (χ3v) is 3.27. The highest BCUT2D eigenvalue weighted by Gasteiger charge is 2.67. The molecule has 0 saturated carbocycles. The second-order valence-corrected chi connectivity index (χ2v) is 4.76. The maximum absolute atomic E-state index is 14.4. The van der Waals surface area contributed by atoms with Crippen molar-refractivity contribution in [2.45, 2.75) is 30.9 Å². The highest BCUT2D eigenvalue weighted by molar-refractivity contribution is 5.24. The fourth-order valence-electron chi connectivity index (χ4n) is 2.16. The zero-order valence-corrected chi connectivity index (χ0v) is 12.0. The fraction of sp³-hybridized carbons (Fsp3) is 0.636. The van der Waals surface area contributed by atoms with Crippen LogP contribution in [-0.4, -0.2) is 45.6 Å². The highest BCUT2D eigenvalue weighted by Crippen LogP contribution is 2.48. The SMILES string of the molecule is CCOC[C@@]1(N=[N+]=[N-])O[C@@H](n2ccc(N)nc2=O)C(F)(F)[C@@H]1O. The molecule has 10 nitrogen and oxygen atoms in total. The van der Waals surface area contributed by atoms with Crippen LogP contribution in [0.15, 0.2) is 22.2 Å². The molecule has 1 aromatic rings. The van der Waals surface area contributed by atoms with Crippen molar-refractivity contribution in [1.82, 2.24) is 9.55 Å². The van der Waals surface area contributed by atoms with Crippen LogP contribution in [0.25, 0.3) is 10.4 Å². The van der Waals surface area contributed by atoms with Crippen molar-refractivity contribution >= 4 is 5.82 Å². The van der Waals surface area contributed by atoms with Gasteiger partial charge in [0.25, 0.3) is 0 Å². The molecule has 12 heteroatoms. The summed E-state index contributed by atoms with van der Waals surface area (Å²) in [6.07, 6.45) is -3.81. The molecular weight excluding hydrogens is 318 g/mol. The second kappa shape index (κ2) is 6.08. The number of nitrogens with zero attached hydrogens (tertiary/aromatic N) is 5. The van der Waals surface area contributed by atoms with Gasteiger partial charge in [0.2, 0.25) is 12.0 Å². The van der Waals surface area contributed by atoms with Gasteiger partial charge in [-0.2, -0.15) is 13.8 Å². The lowest BCUT2D eigenvalue weighted by molar-refractivity contribution is -0.147. The zero-order chi connectivity index (χ0) is 17.3. The van der Waals surface area contributed by atoms with Crippen molar-refractivity contribution < 1.29 is 23.4 Å². The van der Waals surface area contributed by atoms with E-state index in [4.69, 9.17) is 20.7 Å². The Kier molecular flexibility index (Phi) is 4.52. The first-order chi connectivity index (χ1) is 10.8. The minimum absolute atomic E-state index is 0.110. The van der Waals surface area contributed by atoms with Crippen molar-refractivity contribution in [3.63, 3.8) is 0 Å². The summed E-state index contributed by atoms with van der Waals surface area (Å²) in [4.78, 5) is 17.5. The van der Waals surface area contributed by atoms with Crippen molar-refractivity contribution in [2.24, 2.45) is 5.11 Å². The summed E-state index contributed by atoms with van der Waals surface area (Å²) >= 11 is 0. The number of ether oxygens (including phenoxy) is 2. The molecule has 2 rings (SSSR count). The summed E-state index contributed by atoms with van der Waals surface area (Å²) in [5.74, 6) is -4.10. The Balaban J connectivity index is 2.50. The number of aliphatic hydroxyl groups excluding tert-OH is 1. The minimum Gasteiger partial charge on any atom is -0.383 e. The average molecular weight is 332 g/mol. The third kappa shape index (κ3) is 2.84. The first-order valence-corrected chi connectivity index (χ1v) is 6.51. The first kappa shape index (κ1) is 17.1. The monoisotopic (exact) mass is 332 g/mol. The van der Waals surface area contributed by atoms with E-state index in [1.165, 1.54) is 0 Å². The molecule has 3 atom stereocenters. The number of anilines is 1. The number of aromatic nitrogens is 2. The molecule has 2 heterocycles. The van der Waals surface area contributed by atoms with Crippen LogP contribution in [0.2, 0.25) is 0 Å². The van der Waals surface area contributed by atoms with Crippen LogP contribution < -0.4 is 11.4 Å². The van der Waals surface area contributed by atoms with Gasteiger partial charge in [0, 0.05) is 17.7 Å². The quantitative estimate of drug-likeness (QED) is 0.452. The molecule has 3 N–H and O–H groups in total. The minimum atomic E-state index is -3.94. The number of nitrogen functional groups attached to an aromatic ring is 1. The maximum Gasteiger partial charge on any atom is 0.351 e. The number of hydrogen-bond acceptors (Lipinski definition) is 7. The molecule has 0 radical (unpaired) electrons. The van der Waals surface area contributed by atoms with Gasteiger partial charge in [-0.05, 0) is 18.5 Å². The predicted octanol–water partition coefficient (Wildman–Crippen LogP) is 0.394. The van der Waals surface area contributed by atoms with Gasteiger partial charge in [-0.3, -0.25) is 4.57 Å². The Morgan fingerprint density at radius 3 is 2.96 bits per heavy atom. The molecule has 0 amide bonds. The smallest absolute Gasteiger partial charge is 0.351 e. The zero-order valence-electron chi connectivity index (χ0n) is 12.0. The van der Waals surface area contributed by atoms with Gasteiger partial charge < -0.3 is 20.3 Å². The van der Waals surface area contributed by atoms with Crippen molar-refractivity contribution in [1.29, 1.82) is 0 Å². The molecule has 0 aromatic carbocycles. The summed E-state index contributed by atoms with van der Waals surface area (Å²) in [6.45, 7) is 1.07. The van der Waals surface area contributed by atoms with Gasteiger partial charge in [0.05, 0.1) is 6.61 Å². The van der Waals surface area contributed by atoms with Gasteiger partial charge in [-0.15, -0.1) is 0 Å². The lowest BCUT2D eigenvalue weighted by atomic mass is 10.1. The fourth-order valence-corrected chi connectivity index (χ4v) is 2.16. The topological polar surface area (TPSA) is 148 Å². The summed E-state index contributed by atoms with van der Waals surface area (Å²) in [7, 11) is 0. The first-order valence-electron chi connectivity index (χ1n) is 6.51. The maximum atomic E-state index is 14.4. The molecular formula is C11H14F2N6O4. The summed E-state index contributed by atoms with van der Waals surface area (Å²) in [5.41, 5.74) is 10.4. The van der Waals surface area contributed by atoms with Gasteiger partial charge >= 0.3 is 11.6 Å².